The van der Waals surface area contributed by atoms with E-state index in [1.807, 2.05) is 16.3 Å². The maximum Gasteiger partial charge on any atom is 0.275 e. The van der Waals surface area contributed by atoms with Crippen LogP contribution in [0.2, 0.25) is 0 Å². The van der Waals surface area contributed by atoms with Crippen LogP contribution in [0.4, 0.5) is 0 Å². The molecular weight excluding hydrogens is 382 g/mol. The number of aromatic nitrogens is 2. The van der Waals surface area contributed by atoms with Crippen LogP contribution in [0.25, 0.3) is 10.6 Å². The Morgan fingerprint density at radius 1 is 1.21 bits per heavy atom. The van der Waals surface area contributed by atoms with E-state index >= 15 is 0 Å². The number of carbonyl (C=O) groups excluding carboxylic acids is 1. The first-order chi connectivity index (χ1) is 13.9. The molecule has 5 nitrogen and oxygen atoms in total. The number of nitrogens with one attached hydrogen (secondary N) is 1. The number of fused-ring (bicyclic) bond motifs is 1. The molecule has 1 unspecified atom stereocenters. The number of hydrogen-bond acceptors (Lipinski definition) is 4. The molecule has 0 saturated carbocycles. The van der Waals surface area contributed by atoms with Crippen LogP contribution in [0, 0.1) is 0 Å². The quantitative estimate of drug-likeness (QED) is 0.582. The Kier molecular flexibility index (Phi) is 5.32. The summed E-state index contributed by atoms with van der Waals surface area (Å²) in [6.45, 7) is 7.89. The van der Waals surface area contributed by atoms with E-state index < -0.39 is 0 Å². The maximum atomic E-state index is 13.2. The lowest BCUT2D eigenvalue weighted by Crippen LogP contribution is -2.31. The van der Waals surface area contributed by atoms with Crippen molar-refractivity contribution in [1.29, 1.82) is 0 Å². The molecule has 3 aromatic rings. The number of nitrogens with zero attached hydrogens (tertiary/aromatic N) is 2. The molecule has 1 aromatic carbocycles. The minimum absolute atomic E-state index is 0.0138. The molecule has 1 N–H and O–H groups in total. The number of aromatic amines is 1. The maximum absolute atomic E-state index is 13.2. The Hall–Kier alpha value is -2.44. The molecule has 0 spiro atoms. The number of methoxy groups -OCH3 is 1. The van der Waals surface area contributed by atoms with Crippen LogP contribution in [-0.4, -0.2) is 41.3 Å². The van der Waals surface area contributed by atoms with Gasteiger partial charge >= 0.3 is 0 Å². The van der Waals surface area contributed by atoms with Crippen molar-refractivity contribution in [1.82, 2.24) is 15.1 Å². The monoisotopic (exact) mass is 409 g/mol. The van der Waals surface area contributed by atoms with Crippen LogP contribution in [-0.2, 0) is 10.2 Å². The van der Waals surface area contributed by atoms with Crippen molar-refractivity contribution in [3.8, 4) is 10.6 Å². The van der Waals surface area contributed by atoms with Gasteiger partial charge in [0, 0.05) is 25.8 Å². The summed E-state index contributed by atoms with van der Waals surface area (Å²) < 4.78 is 5.21. The predicted octanol–water partition coefficient (Wildman–Crippen LogP) is 5.02. The van der Waals surface area contributed by atoms with E-state index in [4.69, 9.17) is 4.74 Å². The van der Waals surface area contributed by atoms with Gasteiger partial charge in [-0.05, 0) is 34.4 Å². The summed E-state index contributed by atoms with van der Waals surface area (Å²) in [6.07, 6.45) is 0.793. The van der Waals surface area contributed by atoms with E-state index in [2.05, 4.69) is 61.3 Å². The molecule has 3 heterocycles. The van der Waals surface area contributed by atoms with Gasteiger partial charge in [0.05, 0.1) is 16.6 Å². The first kappa shape index (κ1) is 19.9. The van der Waals surface area contributed by atoms with Crippen LogP contribution in [0.5, 0.6) is 0 Å². The van der Waals surface area contributed by atoms with Gasteiger partial charge in [0.2, 0.25) is 0 Å². The van der Waals surface area contributed by atoms with Crippen molar-refractivity contribution in [3.05, 3.63) is 64.2 Å². The highest BCUT2D eigenvalue weighted by Gasteiger charge is 2.42. The number of H-pyrrole nitrogens is 1. The third-order valence-electron chi connectivity index (χ3n) is 5.46. The lowest BCUT2D eigenvalue weighted by atomic mass is 9.85. The molecule has 6 heteroatoms. The molecule has 0 aliphatic carbocycles. The van der Waals surface area contributed by atoms with Crippen molar-refractivity contribution in [2.75, 3.05) is 20.3 Å². The van der Waals surface area contributed by atoms with E-state index in [9.17, 15) is 4.79 Å². The van der Waals surface area contributed by atoms with Gasteiger partial charge in [0.1, 0.15) is 0 Å². The number of benzene rings is 1. The largest absolute Gasteiger partial charge is 0.385 e. The van der Waals surface area contributed by atoms with Gasteiger partial charge in [-0.1, -0.05) is 51.1 Å². The molecule has 29 heavy (non-hydrogen) atoms. The Bertz CT molecular complexity index is 984. The van der Waals surface area contributed by atoms with Crippen LogP contribution < -0.4 is 0 Å². The van der Waals surface area contributed by atoms with E-state index in [0.29, 0.717) is 18.8 Å². The highest BCUT2D eigenvalue weighted by atomic mass is 32.1. The molecule has 152 valence electrons. The van der Waals surface area contributed by atoms with E-state index in [1.165, 1.54) is 5.56 Å². The standard InChI is InChI=1S/C23H27N3O2S/c1-23(2,3)16-10-8-15(9-11-16)21-18-19(17-7-5-14-29-17)24-25-20(18)22(27)26(21)12-6-13-28-4/h5,7-11,14,21H,6,12-13H2,1-4H3,(H,24,25). The summed E-state index contributed by atoms with van der Waals surface area (Å²) in [5.74, 6) is -0.0138. The summed E-state index contributed by atoms with van der Waals surface area (Å²) >= 11 is 1.65. The molecule has 0 bridgehead atoms. The van der Waals surface area contributed by atoms with E-state index in [-0.39, 0.29) is 17.4 Å². The Morgan fingerprint density at radius 3 is 2.59 bits per heavy atom. The van der Waals surface area contributed by atoms with Gasteiger partial charge in [-0.3, -0.25) is 9.89 Å². The SMILES string of the molecule is COCCCN1C(=O)c2n[nH]c(-c3cccs3)c2C1c1ccc(C(C)(C)C)cc1. The van der Waals surface area contributed by atoms with Gasteiger partial charge in [0.25, 0.3) is 5.91 Å². The van der Waals surface area contributed by atoms with Gasteiger partial charge in [-0.2, -0.15) is 5.10 Å². The zero-order chi connectivity index (χ0) is 20.6. The highest BCUT2D eigenvalue weighted by Crippen LogP contribution is 2.43. The topological polar surface area (TPSA) is 58.2 Å². The lowest BCUT2D eigenvalue weighted by molar-refractivity contribution is 0.0723. The lowest BCUT2D eigenvalue weighted by Gasteiger charge is -2.27. The van der Waals surface area contributed by atoms with Crippen LogP contribution in [0.1, 0.15) is 60.4 Å². The van der Waals surface area contributed by atoms with Crippen LogP contribution in [0.15, 0.2) is 41.8 Å². The number of hydrogen-bond donors (Lipinski definition) is 1. The van der Waals surface area contributed by atoms with E-state index in [1.54, 1.807) is 18.4 Å². The summed E-state index contributed by atoms with van der Waals surface area (Å²) in [5.41, 5.74) is 4.95. The molecule has 0 fully saturated rings. The van der Waals surface area contributed by atoms with Crippen molar-refractivity contribution >= 4 is 17.2 Å². The normalized spacial score (nSPS) is 16.5. The second-order valence-corrected chi connectivity index (χ2v) is 9.41. The van der Waals surface area contributed by atoms with Crippen molar-refractivity contribution in [2.24, 2.45) is 0 Å². The number of carbonyl (C=O) groups is 1. The Morgan fingerprint density at radius 2 is 1.97 bits per heavy atom. The van der Waals surface area contributed by atoms with Crippen molar-refractivity contribution < 1.29 is 9.53 Å². The zero-order valence-electron chi connectivity index (χ0n) is 17.4. The second kappa shape index (κ2) is 7.76. The van der Waals surface area contributed by atoms with Crippen LogP contribution >= 0.6 is 11.3 Å². The first-order valence-corrected chi connectivity index (χ1v) is 10.8. The van der Waals surface area contributed by atoms with Gasteiger partial charge < -0.3 is 9.64 Å². The fourth-order valence-corrected chi connectivity index (χ4v) is 4.65. The highest BCUT2D eigenvalue weighted by molar-refractivity contribution is 7.13. The average molecular weight is 410 g/mol. The number of amides is 1. The first-order valence-electron chi connectivity index (χ1n) is 9.94. The Labute approximate surface area is 175 Å². The summed E-state index contributed by atoms with van der Waals surface area (Å²) in [7, 11) is 1.69. The fourth-order valence-electron chi connectivity index (χ4n) is 3.92. The zero-order valence-corrected chi connectivity index (χ0v) is 18.2. The molecule has 1 amide bonds. The molecule has 4 rings (SSSR count). The van der Waals surface area contributed by atoms with Gasteiger partial charge in [-0.25, -0.2) is 0 Å². The minimum Gasteiger partial charge on any atom is -0.385 e. The average Bonchev–Trinajstić information content (AvgIpc) is 3.40. The Balaban J connectivity index is 1.78. The molecule has 1 atom stereocenters. The predicted molar refractivity (Wildman–Crippen MR) is 116 cm³/mol. The summed E-state index contributed by atoms with van der Waals surface area (Å²) in [4.78, 5) is 16.2. The van der Waals surface area contributed by atoms with Crippen molar-refractivity contribution in [3.63, 3.8) is 0 Å². The molecular formula is C23H27N3O2S. The smallest absolute Gasteiger partial charge is 0.275 e. The molecule has 1 aliphatic heterocycles. The minimum atomic E-state index is -0.140. The van der Waals surface area contributed by atoms with Gasteiger partial charge in [-0.15, -0.1) is 11.3 Å². The molecule has 0 radical (unpaired) electrons. The third-order valence-corrected chi connectivity index (χ3v) is 6.35. The number of thiophene rings is 1. The summed E-state index contributed by atoms with van der Waals surface area (Å²) in [6, 6.07) is 12.6. The number of ether oxygens (including phenoxy) is 1. The van der Waals surface area contributed by atoms with E-state index in [0.717, 1.165) is 28.1 Å². The second-order valence-electron chi connectivity index (χ2n) is 8.46. The number of rotatable bonds is 6. The molecule has 0 saturated heterocycles. The molecule has 1 aliphatic rings. The third kappa shape index (κ3) is 3.63. The van der Waals surface area contributed by atoms with Crippen LogP contribution in [0.3, 0.4) is 0 Å². The van der Waals surface area contributed by atoms with Gasteiger partial charge in [0.15, 0.2) is 5.69 Å². The fraction of sp³-hybridized carbons (Fsp3) is 0.391. The summed E-state index contributed by atoms with van der Waals surface area (Å²) in [5, 5.41) is 9.57. The molecule has 2 aromatic heterocycles. The van der Waals surface area contributed by atoms with Crippen molar-refractivity contribution in [2.45, 2.75) is 38.6 Å².